The molecular formula is C24H18ClFN2O2. The average Bonchev–Trinajstić information content (AvgIpc) is 2.96. The van der Waals surface area contributed by atoms with Crippen LogP contribution in [0.4, 0.5) is 15.8 Å². The molecule has 6 heteroatoms. The molecule has 2 amide bonds. The predicted molar refractivity (Wildman–Crippen MR) is 117 cm³/mol. The maximum absolute atomic E-state index is 13.5. The van der Waals surface area contributed by atoms with Gasteiger partial charge in [0.05, 0.1) is 11.3 Å². The summed E-state index contributed by atoms with van der Waals surface area (Å²) in [5, 5.41) is 3.56. The molecule has 0 radical (unpaired) electrons. The lowest BCUT2D eigenvalue weighted by Gasteiger charge is -2.16. The summed E-state index contributed by atoms with van der Waals surface area (Å²) in [5.74, 6) is -1.42. The van der Waals surface area contributed by atoms with Gasteiger partial charge in [0, 0.05) is 10.7 Å². The molecule has 0 saturated carbocycles. The van der Waals surface area contributed by atoms with E-state index in [1.165, 1.54) is 24.3 Å². The molecule has 1 heterocycles. The normalized spacial score (nSPS) is 13.9. The number of hydrogen-bond donors (Lipinski definition) is 1. The summed E-state index contributed by atoms with van der Waals surface area (Å²) >= 11 is 6.07. The van der Waals surface area contributed by atoms with Gasteiger partial charge in [0.15, 0.2) is 0 Å². The minimum absolute atomic E-state index is 0.139. The Morgan fingerprint density at radius 1 is 0.900 bits per heavy atom. The van der Waals surface area contributed by atoms with Crippen LogP contribution in [0.5, 0.6) is 0 Å². The topological polar surface area (TPSA) is 49.4 Å². The molecule has 1 aliphatic heterocycles. The van der Waals surface area contributed by atoms with E-state index in [9.17, 15) is 14.0 Å². The standard InChI is InChI=1S/C24H18ClFN2O2/c1-14-5-3-8-20(15(14)2)27-22-21(16-9-11-18(26)12-10-16)23(29)28(24(22)30)19-7-4-6-17(25)13-19/h3-13,27H,1-2H3. The lowest BCUT2D eigenvalue weighted by Crippen LogP contribution is -2.32. The Hall–Kier alpha value is -3.44. The first-order chi connectivity index (χ1) is 14.4. The van der Waals surface area contributed by atoms with Crippen LogP contribution in [0, 0.1) is 19.7 Å². The highest BCUT2D eigenvalue weighted by Crippen LogP contribution is 2.35. The van der Waals surface area contributed by atoms with Gasteiger partial charge < -0.3 is 5.32 Å². The molecular weight excluding hydrogens is 403 g/mol. The number of carbonyl (C=O) groups is 2. The molecule has 0 fully saturated rings. The lowest BCUT2D eigenvalue weighted by molar-refractivity contribution is -0.120. The third kappa shape index (κ3) is 3.48. The van der Waals surface area contributed by atoms with Crippen LogP contribution in [0.25, 0.3) is 5.57 Å². The van der Waals surface area contributed by atoms with Crippen LogP contribution in [-0.2, 0) is 9.59 Å². The van der Waals surface area contributed by atoms with Crippen molar-refractivity contribution in [1.29, 1.82) is 0 Å². The lowest BCUT2D eigenvalue weighted by atomic mass is 10.0. The number of imide groups is 1. The fraction of sp³-hybridized carbons (Fsp3) is 0.0833. The number of benzene rings is 3. The molecule has 0 spiro atoms. The van der Waals surface area contributed by atoms with Crippen LogP contribution < -0.4 is 10.2 Å². The van der Waals surface area contributed by atoms with E-state index in [0.717, 1.165) is 21.7 Å². The van der Waals surface area contributed by atoms with E-state index < -0.39 is 17.6 Å². The van der Waals surface area contributed by atoms with E-state index in [2.05, 4.69) is 5.32 Å². The minimum atomic E-state index is -0.498. The van der Waals surface area contributed by atoms with Crippen LogP contribution >= 0.6 is 11.6 Å². The molecule has 30 heavy (non-hydrogen) atoms. The van der Waals surface area contributed by atoms with Crippen molar-refractivity contribution in [3.05, 3.63) is 100.0 Å². The molecule has 1 N–H and O–H groups in total. The van der Waals surface area contributed by atoms with Crippen molar-refractivity contribution in [3.63, 3.8) is 0 Å². The highest BCUT2D eigenvalue weighted by molar-refractivity contribution is 6.46. The SMILES string of the molecule is Cc1cccc(NC2=C(c3ccc(F)cc3)C(=O)N(c3cccc(Cl)c3)C2=O)c1C. The number of rotatable bonds is 4. The van der Waals surface area contributed by atoms with Crippen molar-refractivity contribution in [2.24, 2.45) is 0 Å². The first kappa shape index (κ1) is 19.9. The molecule has 0 bridgehead atoms. The Bertz CT molecular complexity index is 1200. The second kappa shape index (κ2) is 7.76. The van der Waals surface area contributed by atoms with Crippen molar-refractivity contribution in [2.75, 3.05) is 10.2 Å². The van der Waals surface area contributed by atoms with E-state index >= 15 is 0 Å². The molecule has 0 atom stereocenters. The minimum Gasteiger partial charge on any atom is -0.350 e. The van der Waals surface area contributed by atoms with Crippen molar-refractivity contribution in [2.45, 2.75) is 13.8 Å². The third-order valence-electron chi connectivity index (χ3n) is 5.15. The highest BCUT2D eigenvalue weighted by atomic mass is 35.5. The fourth-order valence-corrected chi connectivity index (χ4v) is 3.59. The number of nitrogens with one attached hydrogen (secondary N) is 1. The summed E-state index contributed by atoms with van der Waals surface area (Å²) in [6, 6.07) is 17.7. The van der Waals surface area contributed by atoms with Gasteiger partial charge in [-0.05, 0) is 66.9 Å². The Balaban J connectivity index is 1.86. The first-order valence-electron chi connectivity index (χ1n) is 9.34. The molecule has 0 aliphatic carbocycles. The van der Waals surface area contributed by atoms with E-state index in [1.807, 2.05) is 32.0 Å². The molecule has 4 nitrogen and oxygen atoms in total. The molecule has 4 rings (SSSR count). The molecule has 3 aromatic carbocycles. The summed E-state index contributed by atoms with van der Waals surface area (Å²) < 4.78 is 13.5. The van der Waals surface area contributed by atoms with E-state index in [0.29, 0.717) is 16.3 Å². The Morgan fingerprint density at radius 3 is 2.30 bits per heavy atom. The number of hydrogen-bond acceptors (Lipinski definition) is 3. The zero-order valence-corrected chi connectivity index (χ0v) is 17.1. The number of anilines is 2. The highest BCUT2D eigenvalue weighted by Gasteiger charge is 2.40. The molecule has 0 unspecified atom stereocenters. The monoisotopic (exact) mass is 420 g/mol. The predicted octanol–water partition coefficient (Wildman–Crippen LogP) is 5.49. The Morgan fingerprint density at radius 2 is 1.60 bits per heavy atom. The van der Waals surface area contributed by atoms with Crippen LogP contribution in [0.15, 0.2) is 72.4 Å². The second-order valence-corrected chi connectivity index (χ2v) is 7.49. The quantitative estimate of drug-likeness (QED) is 0.567. The van der Waals surface area contributed by atoms with Crippen LogP contribution in [0.2, 0.25) is 5.02 Å². The van der Waals surface area contributed by atoms with Gasteiger partial charge in [0.2, 0.25) is 0 Å². The number of amides is 2. The van der Waals surface area contributed by atoms with Crippen molar-refractivity contribution < 1.29 is 14.0 Å². The van der Waals surface area contributed by atoms with Gasteiger partial charge in [-0.2, -0.15) is 0 Å². The van der Waals surface area contributed by atoms with Gasteiger partial charge in [-0.25, -0.2) is 9.29 Å². The van der Waals surface area contributed by atoms with Gasteiger partial charge in [-0.1, -0.05) is 41.9 Å². The molecule has 1 aliphatic rings. The van der Waals surface area contributed by atoms with Gasteiger partial charge in [-0.3, -0.25) is 9.59 Å². The smallest absolute Gasteiger partial charge is 0.282 e. The number of halogens is 2. The van der Waals surface area contributed by atoms with Gasteiger partial charge in [0.1, 0.15) is 11.5 Å². The zero-order valence-electron chi connectivity index (χ0n) is 16.4. The second-order valence-electron chi connectivity index (χ2n) is 7.05. The molecule has 0 aromatic heterocycles. The van der Waals surface area contributed by atoms with Crippen LogP contribution in [0.1, 0.15) is 16.7 Å². The summed E-state index contributed by atoms with van der Waals surface area (Å²) in [4.78, 5) is 27.8. The number of nitrogens with zero attached hydrogens (tertiary/aromatic N) is 1. The maximum atomic E-state index is 13.5. The Kier molecular flexibility index (Phi) is 5.14. The summed E-state index contributed by atoms with van der Waals surface area (Å²) in [5.41, 5.74) is 3.87. The van der Waals surface area contributed by atoms with Crippen LogP contribution in [0.3, 0.4) is 0 Å². The maximum Gasteiger partial charge on any atom is 0.282 e. The average molecular weight is 421 g/mol. The molecule has 150 valence electrons. The summed E-state index contributed by atoms with van der Waals surface area (Å²) in [7, 11) is 0. The van der Waals surface area contributed by atoms with Gasteiger partial charge in [0.25, 0.3) is 11.8 Å². The van der Waals surface area contributed by atoms with Crippen LogP contribution in [-0.4, -0.2) is 11.8 Å². The summed E-state index contributed by atoms with van der Waals surface area (Å²) in [6.45, 7) is 3.90. The number of carbonyl (C=O) groups excluding carboxylic acids is 2. The zero-order chi connectivity index (χ0) is 21.4. The number of aryl methyl sites for hydroxylation is 1. The van der Waals surface area contributed by atoms with Gasteiger partial charge >= 0.3 is 0 Å². The van der Waals surface area contributed by atoms with Crippen molar-refractivity contribution >= 4 is 40.4 Å². The van der Waals surface area contributed by atoms with E-state index in [-0.39, 0.29) is 11.3 Å². The van der Waals surface area contributed by atoms with Crippen molar-refractivity contribution in [1.82, 2.24) is 0 Å². The largest absolute Gasteiger partial charge is 0.350 e. The fourth-order valence-electron chi connectivity index (χ4n) is 3.40. The first-order valence-corrected chi connectivity index (χ1v) is 9.72. The van der Waals surface area contributed by atoms with E-state index in [4.69, 9.17) is 11.6 Å². The third-order valence-corrected chi connectivity index (χ3v) is 5.38. The van der Waals surface area contributed by atoms with E-state index in [1.54, 1.807) is 24.3 Å². The van der Waals surface area contributed by atoms with Crippen molar-refractivity contribution in [3.8, 4) is 0 Å². The molecule has 3 aromatic rings. The molecule has 0 saturated heterocycles. The Labute approximate surface area is 178 Å². The summed E-state index contributed by atoms with van der Waals surface area (Å²) in [6.07, 6.45) is 0. The van der Waals surface area contributed by atoms with Gasteiger partial charge in [-0.15, -0.1) is 0 Å².